The van der Waals surface area contributed by atoms with Crippen molar-refractivity contribution in [2.75, 3.05) is 5.73 Å². The third-order valence-corrected chi connectivity index (χ3v) is 3.23. The summed E-state index contributed by atoms with van der Waals surface area (Å²) >= 11 is 5.99. The summed E-state index contributed by atoms with van der Waals surface area (Å²) in [7, 11) is 0. The summed E-state index contributed by atoms with van der Waals surface area (Å²) in [5, 5.41) is 0.576. The van der Waals surface area contributed by atoms with Crippen molar-refractivity contribution in [2.24, 2.45) is 0 Å². The van der Waals surface area contributed by atoms with Crippen molar-refractivity contribution in [3.63, 3.8) is 0 Å². The van der Waals surface area contributed by atoms with E-state index in [1.165, 1.54) is 0 Å². The molecule has 0 radical (unpaired) electrons. The summed E-state index contributed by atoms with van der Waals surface area (Å²) < 4.78 is 5.23. The predicted molar refractivity (Wildman–Crippen MR) is 76.2 cm³/mol. The Kier molecular flexibility index (Phi) is 4.07. The Morgan fingerprint density at radius 2 is 1.95 bits per heavy atom. The first kappa shape index (κ1) is 13.4. The van der Waals surface area contributed by atoms with Crippen molar-refractivity contribution >= 4 is 23.3 Å². The van der Waals surface area contributed by atoms with E-state index in [0.29, 0.717) is 16.3 Å². The van der Waals surface area contributed by atoms with Gasteiger partial charge in [0.25, 0.3) is 0 Å². The van der Waals surface area contributed by atoms with E-state index >= 15 is 0 Å². The predicted octanol–water partition coefficient (Wildman–Crippen LogP) is 3.59. The van der Waals surface area contributed by atoms with Crippen molar-refractivity contribution in [3.05, 3.63) is 64.2 Å². The van der Waals surface area contributed by atoms with E-state index in [1.54, 1.807) is 18.2 Å². The number of carbonyl (C=O) groups excluding carboxylic acids is 1. The van der Waals surface area contributed by atoms with Crippen LogP contribution in [0.5, 0.6) is 0 Å². The quantitative estimate of drug-likeness (QED) is 0.688. The number of benzene rings is 2. The molecule has 19 heavy (non-hydrogen) atoms. The molecule has 0 aliphatic heterocycles. The van der Waals surface area contributed by atoms with Crippen LogP contribution in [0.3, 0.4) is 0 Å². The highest BCUT2D eigenvalue weighted by Crippen LogP contribution is 2.20. The molecular weight excluding hydrogens is 262 g/mol. The molecule has 2 aromatic carbocycles. The average Bonchev–Trinajstić information content (AvgIpc) is 2.40. The standard InChI is InChI=1S/C15H14ClNO2/c1-10-5-4-7-12(14(10)17)15(18)19-9-11-6-2-3-8-13(11)16/h2-8H,9,17H2,1H3. The lowest BCUT2D eigenvalue weighted by Crippen LogP contribution is -2.09. The summed E-state index contributed by atoms with van der Waals surface area (Å²) in [6.07, 6.45) is 0. The molecule has 0 atom stereocenters. The van der Waals surface area contributed by atoms with Crippen LogP contribution in [0, 0.1) is 6.92 Å². The van der Waals surface area contributed by atoms with Crippen LogP contribution in [0.2, 0.25) is 5.02 Å². The van der Waals surface area contributed by atoms with Gasteiger partial charge in [-0.05, 0) is 24.6 Å². The van der Waals surface area contributed by atoms with Crippen LogP contribution in [0.1, 0.15) is 21.5 Å². The zero-order valence-electron chi connectivity index (χ0n) is 10.5. The van der Waals surface area contributed by atoms with Crippen molar-refractivity contribution in [3.8, 4) is 0 Å². The number of nitrogens with two attached hydrogens (primary N) is 1. The molecule has 0 spiro atoms. The minimum Gasteiger partial charge on any atom is -0.457 e. The fourth-order valence-electron chi connectivity index (χ4n) is 1.70. The van der Waals surface area contributed by atoms with Gasteiger partial charge < -0.3 is 10.5 Å². The summed E-state index contributed by atoms with van der Waals surface area (Å²) in [5.74, 6) is -0.443. The van der Waals surface area contributed by atoms with Crippen LogP contribution >= 0.6 is 11.6 Å². The molecule has 2 rings (SSSR count). The van der Waals surface area contributed by atoms with Gasteiger partial charge in [-0.15, -0.1) is 0 Å². The Labute approximate surface area is 117 Å². The Hall–Kier alpha value is -2.00. The zero-order valence-corrected chi connectivity index (χ0v) is 11.3. The molecule has 0 aromatic heterocycles. The Morgan fingerprint density at radius 3 is 2.68 bits per heavy atom. The number of esters is 1. The van der Waals surface area contributed by atoms with Crippen LogP contribution < -0.4 is 5.73 Å². The van der Waals surface area contributed by atoms with Gasteiger partial charge in [-0.2, -0.15) is 0 Å². The highest BCUT2D eigenvalue weighted by molar-refractivity contribution is 6.31. The third kappa shape index (κ3) is 3.06. The van der Waals surface area contributed by atoms with Crippen LogP contribution in [-0.2, 0) is 11.3 Å². The smallest absolute Gasteiger partial charge is 0.340 e. The van der Waals surface area contributed by atoms with E-state index in [2.05, 4.69) is 0 Å². The maximum absolute atomic E-state index is 12.0. The Bertz CT molecular complexity index is 611. The minimum atomic E-state index is -0.443. The topological polar surface area (TPSA) is 52.3 Å². The van der Waals surface area contributed by atoms with Gasteiger partial charge in [0.2, 0.25) is 0 Å². The highest BCUT2D eigenvalue weighted by Gasteiger charge is 2.12. The molecule has 98 valence electrons. The molecular formula is C15H14ClNO2. The monoisotopic (exact) mass is 275 g/mol. The van der Waals surface area contributed by atoms with Crippen molar-refractivity contribution in [1.29, 1.82) is 0 Å². The number of halogens is 1. The van der Waals surface area contributed by atoms with Gasteiger partial charge in [-0.25, -0.2) is 4.79 Å². The first-order valence-corrected chi connectivity index (χ1v) is 6.23. The number of rotatable bonds is 3. The maximum atomic E-state index is 12.0. The van der Waals surface area contributed by atoms with Crippen LogP contribution in [-0.4, -0.2) is 5.97 Å². The molecule has 2 aromatic rings. The van der Waals surface area contributed by atoms with E-state index in [1.807, 2.05) is 31.2 Å². The molecule has 3 nitrogen and oxygen atoms in total. The van der Waals surface area contributed by atoms with Crippen LogP contribution in [0.25, 0.3) is 0 Å². The molecule has 0 fully saturated rings. The average molecular weight is 276 g/mol. The van der Waals surface area contributed by atoms with Crippen LogP contribution in [0.4, 0.5) is 5.69 Å². The molecule has 2 N–H and O–H groups in total. The fourth-order valence-corrected chi connectivity index (χ4v) is 1.89. The maximum Gasteiger partial charge on any atom is 0.340 e. The Balaban J connectivity index is 2.10. The molecule has 0 aliphatic rings. The number of para-hydroxylation sites is 1. The highest BCUT2D eigenvalue weighted by atomic mass is 35.5. The SMILES string of the molecule is Cc1cccc(C(=O)OCc2ccccc2Cl)c1N. The van der Waals surface area contributed by atoms with Gasteiger partial charge in [-0.1, -0.05) is 41.9 Å². The second-order valence-electron chi connectivity index (χ2n) is 4.20. The molecule has 0 amide bonds. The number of aryl methyl sites for hydroxylation is 1. The largest absolute Gasteiger partial charge is 0.457 e. The number of nitrogen functional groups attached to an aromatic ring is 1. The van der Waals surface area contributed by atoms with E-state index < -0.39 is 5.97 Å². The fraction of sp³-hybridized carbons (Fsp3) is 0.133. The van der Waals surface area contributed by atoms with Crippen LogP contribution in [0.15, 0.2) is 42.5 Å². The van der Waals surface area contributed by atoms with Gasteiger partial charge in [-0.3, -0.25) is 0 Å². The molecule has 0 heterocycles. The second-order valence-corrected chi connectivity index (χ2v) is 4.61. The first-order valence-electron chi connectivity index (χ1n) is 5.85. The normalized spacial score (nSPS) is 10.2. The lowest BCUT2D eigenvalue weighted by molar-refractivity contribution is 0.0474. The number of carbonyl (C=O) groups is 1. The second kappa shape index (κ2) is 5.76. The van der Waals surface area contributed by atoms with E-state index in [-0.39, 0.29) is 6.61 Å². The third-order valence-electron chi connectivity index (χ3n) is 2.86. The molecule has 4 heteroatoms. The minimum absolute atomic E-state index is 0.131. The van der Waals surface area contributed by atoms with Gasteiger partial charge in [0.15, 0.2) is 0 Å². The lowest BCUT2D eigenvalue weighted by atomic mass is 10.1. The van der Waals surface area contributed by atoms with Gasteiger partial charge in [0.05, 0.1) is 5.56 Å². The van der Waals surface area contributed by atoms with Crippen molar-refractivity contribution in [1.82, 2.24) is 0 Å². The molecule has 0 unspecified atom stereocenters. The molecule has 0 bridgehead atoms. The van der Waals surface area contributed by atoms with Gasteiger partial charge in [0.1, 0.15) is 6.61 Å². The summed E-state index contributed by atoms with van der Waals surface area (Å²) in [6.45, 7) is 1.98. The zero-order chi connectivity index (χ0) is 13.8. The lowest BCUT2D eigenvalue weighted by Gasteiger charge is -2.09. The van der Waals surface area contributed by atoms with E-state index in [0.717, 1.165) is 11.1 Å². The van der Waals surface area contributed by atoms with Gasteiger partial charge >= 0.3 is 5.97 Å². The first-order chi connectivity index (χ1) is 9.09. The number of hydrogen-bond acceptors (Lipinski definition) is 3. The van der Waals surface area contributed by atoms with E-state index in [9.17, 15) is 4.79 Å². The molecule has 0 saturated heterocycles. The van der Waals surface area contributed by atoms with E-state index in [4.69, 9.17) is 22.1 Å². The number of anilines is 1. The Morgan fingerprint density at radius 1 is 1.21 bits per heavy atom. The number of ether oxygens (including phenoxy) is 1. The van der Waals surface area contributed by atoms with Crippen molar-refractivity contribution in [2.45, 2.75) is 13.5 Å². The van der Waals surface area contributed by atoms with Crippen molar-refractivity contribution < 1.29 is 9.53 Å². The number of hydrogen-bond donors (Lipinski definition) is 1. The van der Waals surface area contributed by atoms with Gasteiger partial charge in [0, 0.05) is 16.3 Å². The molecule has 0 saturated carbocycles. The summed E-state index contributed by atoms with van der Waals surface area (Å²) in [6, 6.07) is 12.5. The summed E-state index contributed by atoms with van der Waals surface area (Å²) in [5.41, 5.74) is 8.31. The summed E-state index contributed by atoms with van der Waals surface area (Å²) in [4.78, 5) is 12.0. The molecule has 0 aliphatic carbocycles.